The number of hydrogen-bond donors (Lipinski definition) is 0. The smallest absolute Gasteiger partial charge is 0.343 e. The van der Waals surface area contributed by atoms with Gasteiger partial charge >= 0.3 is 11.9 Å². The third-order valence-corrected chi connectivity index (χ3v) is 4.84. The Hall–Kier alpha value is -4.59. The standard InChI is InChI=1S/C26H20O8/c1-3-31-25(28)16-6-10-19(11-7-16)33-23-15-32-22-14-20(12-13-21(22)24(23)27)34-26(29)17-4-8-18(30-2)9-5-17/h4-15H,3H2,1-2H3. The first-order chi connectivity index (χ1) is 16.5. The van der Waals surface area contributed by atoms with Gasteiger partial charge in [-0.15, -0.1) is 0 Å². The SMILES string of the molecule is CCOC(=O)c1ccc(Oc2coc3cc(OC(=O)c4ccc(OC)cc4)ccc3c2=O)cc1. The Morgan fingerprint density at radius 3 is 2.09 bits per heavy atom. The third kappa shape index (κ3) is 4.91. The topological polar surface area (TPSA) is 101 Å². The molecule has 0 saturated carbocycles. The average molecular weight is 460 g/mol. The Morgan fingerprint density at radius 1 is 0.824 bits per heavy atom. The summed E-state index contributed by atoms with van der Waals surface area (Å²) < 4.78 is 26.6. The van der Waals surface area contributed by atoms with Crippen LogP contribution in [-0.2, 0) is 4.74 Å². The summed E-state index contributed by atoms with van der Waals surface area (Å²) in [7, 11) is 1.54. The highest BCUT2D eigenvalue weighted by molar-refractivity contribution is 5.92. The predicted molar refractivity (Wildman–Crippen MR) is 123 cm³/mol. The molecular formula is C26H20O8. The first kappa shape index (κ1) is 22.6. The van der Waals surface area contributed by atoms with Gasteiger partial charge in [0.1, 0.15) is 29.1 Å². The maximum atomic E-state index is 12.8. The fourth-order valence-electron chi connectivity index (χ4n) is 3.12. The summed E-state index contributed by atoms with van der Waals surface area (Å²) in [6.45, 7) is 2.00. The molecular weight excluding hydrogens is 440 g/mol. The van der Waals surface area contributed by atoms with Crippen LogP contribution in [-0.4, -0.2) is 25.7 Å². The summed E-state index contributed by atoms with van der Waals surface area (Å²) in [5.74, 6) is 0.166. The van der Waals surface area contributed by atoms with Gasteiger partial charge in [0.05, 0.1) is 30.2 Å². The molecule has 0 atom stereocenters. The van der Waals surface area contributed by atoms with Gasteiger partial charge in [-0.05, 0) is 67.6 Å². The van der Waals surface area contributed by atoms with Crippen molar-refractivity contribution in [2.45, 2.75) is 6.92 Å². The molecule has 0 N–H and O–H groups in total. The van der Waals surface area contributed by atoms with E-state index in [1.807, 2.05) is 0 Å². The number of rotatable bonds is 7. The van der Waals surface area contributed by atoms with Crippen molar-refractivity contribution < 1.29 is 33.0 Å². The highest BCUT2D eigenvalue weighted by Crippen LogP contribution is 2.25. The Balaban J connectivity index is 1.50. The third-order valence-electron chi connectivity index (χ3n) is 4.84. The lowest BCUT2D eigenvalue weighted by Crippen LogP contribution is -2.09. The fourth-order valence-corrected chi connectivity index (χ4v) is 3.12. The first-order valence-corrected chi connectivity index (χ1v) is 10.4. The molecule has 1 aromatic heterocycles. The molecule has 8 heteroatoms. The molecule has 0 radical (unpaired) electrons. The van der Waals surface area contributed by atoms with Crippen LogP contribution in [0.5, 0.6) is 23.0 Å². The lowest BCUT2D eigenvalue weighted by Gasteiger charge is -2.08. The Morgan fingerprint density at radius 2 is 1.44 bits per heavy atom. The van der Waals surface area contributed by atoms with Crippen molar-refractivity contribution in [3.8, 4) is 23.0 Å². The monoisotopic (exact) mass is 460 g/mol. The highest BCUT2D eigenvalue weighted by atomic mass is 16.5. The van der Waals surface area contributed by atoms with Gasteiger partial charge in [0.2, 0.25) is 11.2 Å². The molecule has 0 amide bonds. The first-order valence-electron chi connectivity index (χ1n) is 10.4. The normalized spacial score (nSPS) is 10.5. The van der Waals surface area contributed by atoms with Gasteiger partial charge in [-0.3, -0.25) is 4.79 Å². The molecule has 3 aromatic carbocycles. The quantitative estimate of drug-likeness (QED) is 0.281. The number of carbonyl (C=O) groups is 2. The van der Waals surface area contributed by atoms with Crippen LogP contribution in [0.3, 0.4) is 0 Å². The van der Waals surface area contributed by atoms with E-state index in [-0.39, 0.29) is 29.1 Å². The van der Waals surface area contributed by atoms with Crippen LogP contribution in [0, 0.1) is 0 Å². The Kier molecular flexibility index (Phi) is 6.59. The fraction of sp³-hybridized carbons (Fsp3) is 0.115. The van der Waals surface area contributed by atoms with Gasteiger partial charge < -0.3 is 23.4 Å². The number of benzene rings is 3. The molecule has 0 aliphatic rings. The molecule has 8 nitrogen and oxygen atoms in total. The van der Waals surface area contributed by atoms with E-state index in [2.05, 4.69) is 0 Å². The summed E-state index contributed by atoms with van der Waals surface area (Å²) in [6.07, 6.45) is 1.18. The minimum Gasteiger partial charge on any atom is -0.497 e. The van der Waals surface area contributed by atoms with Crippen molar-refractivity contribution in [2.75, 3.05) is 13.7 Å². The van der Waals surface area contributed by atoms with Crippen LogP contribution in [0.2, 0.25) is 0 Å². The van der Waals surface area contributed by atoms with Crippen molar-refractivity contribution in [3.05, 3.63) is 94.3 Å². The number of ether oxygens (including phenoxy) is 4. The Bertz CT molecular complexity index is 1390. The number of fused-ring (bicyclic) bond motifs is 1. The molecule has 0 aliphatic heterocycles. The van der Waals surface area contributed by atoms with E-state index in [0.29, 0.717) is 22.6 Å². The predicted octanol–water partition coefficient (Wildman–Crippen LogP) is 4.99. The Labute approximate surface area is 194 Å². The number of methoxy groups -OCH3 is 1. The molecule has 4 aromatic rings. The van der Waals surface area contributed by atoms with Gasteiger partial charge in [-0.1, -0.05) is 0 Å². The molecule has 4 rings (SSSR count). The molecule has 0 fully saturated rings. The summed E-state index contributed by atoms with van der Waals surface area (Å²) >= 11 is 0. The summed E-state index contributed by atoms with van der Waals surface area (Å²) in [4.78, 5) is 37.0. The van der Waals surface area contributed by atoms with Crippen LogP contribution in [0.1, 0.15) is 27.6 Å². The zero-order valence-corrected chi connectivity index (χ0v) is 18.4. The zero-order valence-electron chi connectivity index (χ0n) is 18.4. The van der Waals surface area contributed by atoms with Gasteiger partial charge in [0.15, 0.2) is 0 Å². The van der Waals surface area contributed by atoms with E-state index in [4.69, 9.17) is 23.4 Å². The lowest BCUT2D eigenvalue weighted by atomic mass is 10.2. The van der Waals surface area contributed by atoms with E-state index in [1.54, 1.807) is 55.5 Å². The van der Waals surface area contributed by atoms with Crippen LogP contribution in [0.15, 0.2) is 82.2 Å². The van der Waals surface area contributed by atoms with E-state index < -0.39 is 17.4 Å². The van der Waals surface area contributed by atoms with Gasteiger partial charge in [-0.25, -0.2) is 9.59 Å². The summed E-state index contributed by atoms with van der Waals surface area (Å²) in [5.41, 5.74) is 0.551. The van der Waals surface area contributed by atoms with E-state index >= 15 is 0 Å². The average Bonchev–Trinajstić information content (AvgIpc) is 2.86. The second-order valence-corrected chi connectivity index (χ2v) is 7.05. The van der Waals surface area contributed by atoms with Crippen molar-refractivity contribution in [1.29, 1.82) is 0 Å². The van der Waals surface area contributed by atoms with Crippen LogP contribution in [0.4, 0.5) is 0 Å². The van der Waals surface area contributed by atoms with E-state index in [1.165, 1.54) is 31.6 Å². The summed E-state index contributed by atoms with van der Waals surface area (Å²) in [5, 5.41) is 0.255. The van der Waals surface area contributed by atoms with Gasteiger partial charge in [-0.2, -0.15) is 0 Å². The number of esters is 2. The summed E-state index contributed by atoms with van der Waals surface area (Å²) in [6, 6.07) is 17.1. The second-order valence-electron chi connectivity index (χ2n) is 7.05. The molecule has 0 bridgehead atoms. The number of hydrogen-bond acceptors (Lipinski definition) is 8. The lowest BCUT2D eigenvalue weighted by molar-refractivity contribution is 0.0526. The maximum Gasteiger partial charge on any atom is 0.343 e. The molecule has 0 spiro atoms. The number of carbonyl (C=O) groups excluding carboxylic acids is 2. The zero-order chi connectivity index (χ0) is 24.1. The van der Waals surface area contributed by atoms with E-state index in [9.17, 15) is 14.4 Å². The molecule has 0 saturated heterocycles. The van der Waals surface area contributed by atoms with Crippen molar-refractivity contribution in [3.63, 3.8) is 0 Å². The molecule has 1 heterocycles. The largest absolute Gasteiger partial charge is 0.497 e. The highest BCUT2D eigenvalue weighted by Gasteiger charge is 2.14. The molecule has 34 heavy (non-hydrogen) atoms. The minimum absolute atomic E-state index is 0.0284. The molecule has 0 unspecified atom stereocenters. The van der Waals surface area contributed by atoms with Crippen LogP contribution in [0.25, 0.3) is 11.0 Å². The van der Waals surface area contributed by atoms with Crippen molar-refractivity contribution >= 4 is 22.9 Å². The van der Waals surface area contributed by atoms with Gasteiger partial charge in [0, 0.05) is 6.07 Å². The van der Waals surface area contributed by atoms with Crippen LogP contribution < -0.4 is 19.6 Å². The van der Waals surface area contributed by atoms with Crippen molar-refractivity contribution in [1.82, 2.24) is 0 Å². The molecule has 0 aliphatic carbocycles. The van der Waals surface area contributed by atoms with Crippen molar-refractivity contribution in [2.24, 2.45) is 0 Å². The maximum absolute atomic E-state index is 12.8. The van der Waals surface area contributed by atoms with Crippen LogP contribution >= 0.6 is 0 Å². The molecule has 172 valence electrons. The van der Waals surface area contributed by atoms with Gasteiger partial charge in [0.25, 0.3) is 0 Å². The second kappa shape index (κ2) is 9.91. The minimum atomic E-state index is -0.560. The van der Waals surface area contributed by atoms with E-state index in [0.717, 1.165) is 0 Å².